The molecule has 3 heteroatoms. The number of benzene rings is 1. The Morgan fingerprint density at radius 2 is 2.20 bits per heavy atom. The lowest BCUT2D eigenvalue weighted by atomic mass is 9.91. The summed E-state index contributed by atoms with van der Waals surface area (Å²) in [5, 5.41) is 0. The van der Waals surface area contributed by atoms with E-state index in [4.69, 9.17) is 0 Å². The van der Waals surface area contributed by atoms with Crippen LogP contribution in [-0.2, 0) is 0 Å². The molecule has 0 aromatic heterocycles. The zero-order chi connectivity index (χ0) is 7.56. The van der Waals surface area contributed by atoms with Gasteiger partial charge in [-0.1, -0.05) is 11.5 Å². The second-order valence-corrected chi connectivity index (χ2v) is 2.12. The summed E-state index contributed by atoms with van der Waals surface area (Å²) < 4.78 is 12.4. The van der Waals surface area contributed by atoms with Crippen molar-refractivity contribution in [2.75, 3.05) is 0 Å². The zero-order valence-corrected chi connectivity index (χ0v) is 5.60. The molecule has 1 rings (SSSR count). The lowest BCUT2D eigenvalue weighted by Gasteiger charge is -1.95. The molecule has 0 spiro atoms. The van der Waals surface area contributed by atoms with Crippen molar-refractivity contribution < 1.29 is 9.18 Å². The Balaban J connectivity index is 3.21. The van der Waals surface area contributed by atoms with Crippen LogP contribution in [-0.4, -0.2) is 14.1 Å². The molecule has 0 fully saturated rings. The second kappa shape index (κ2) is 2.65. The van der Waals surface area contributed by atoms with Gasteiger partial charge in [-0.2, -0.15) is 0 Å². The van der Waals surface area contributed by atoms with E-state index in [1.807, 2.05) is 0 Å². The monoisotopic (exact) mass is 136 g/mol. The average Bonchev–Trinajstić information content (AvgIpc) is 1.94. The molecule has 0 aliphatic rings. The van der Waals surface area contributed by atoms with E-state index in [1.165, 1.54) is 12.1 Å². The first-order valence-corrected chi connectivity index (χ1v) is 2.95. The molecule has 10 heavy (non-hydrogen) atoms. The summed E-state index contributed by atoms with van der Waals surface area (Å²) >= 11 is 0. The first kappa shape index (κ1) is 7.00. The van der Waals surface area contributed by atoms with Crippen LogP contribution in [0.5, 0.6) is 0 Å². The highest BCUT2D eigenvalue weighted by Crippen LogP contribution is 1.96. The molecule has 0 radical (unpaired) electrons. The Kier molecular flexibility index (Phi) is 1.85. The van der Waals surface area contributed by atoms with Crippen molar-refractivity contribution in [2.45, 2.75) is 0 Å². The molecule has 0 saturated carbocycles. The van der Waals surface area contributed by atoms with Gasteiger partial charge in [-0.15, -0.1) is 0 Å². The molecular weight excluding hydrogens is 130 g/mol. The molecule has 0 amide bonds. The number of hydrogen-bond acceptors (Lipinski definition) is 1. The van der Waals surface area contributed by atoms with Crippen molar-refractivity contribution in [3.05, 3.63) is 29.6 Å². The number of hydrogen-bond donors (Lipinski definition) is 0. The highest BCUT2D eigenvalue weighted by molar-refractivity contribution is 6.35. The Hall–Kier alpha value is -1.12. The first-order chi connectivity index (χ1) is 4.74. The molecule has 1 aromatic rings. The molecule has 0 aliphatic carbocycles. The number of carbonyl (C=O) groups excluding carboxylic acids is 1. The van der Waals surface area contributed by atoms with Crippen LogP contribution in [0.4, 0.5) is 4.39 Å². The van der Waals surface area contributed by atoms with Gasteiger partial charge in [0.05, 0.1) is 0 Å². The number of carbonyl (C=O) groups is 1. The molecule has 1 nitrogen and oxygen atoms in total. The summed E-state index contributed by atoms with van der Waals surface area (Å²) in [5.41, 5.74) is 1.22. The minimum atomic E-state index is -0.368. The van der Waals surface area contributed by atoms with E-state index < -0.39 is 0 Å². The highest BCUT2D eigenvalue weighted by atomic mass is 19.1. The molecule has 50 valence electrons. The van der Waals surface area contributed by atoms with Gasteiger partial charge in [-0.05, 0) is 12.1 Å². The topological polar surface area (TPSA) is 17.1 Å². The highest BCUT2D eigenvalue weighted by Gasteiger charge is 1.96. The zero-order valence-electron chi connectivity index (χ0n) is 5.60. The van der Waals surface area contributed by atoms with E-state index in [0.29, 0.717) is 11.8 Å². The molecule has 0 N–H and O–H groups in total. The van der Waals surface area contributed by atoms with Crippen molar-refractivity contribution in [1.82, 2.24) is 0 Å². The Labute approximate surface area is 59.3 Å². The number of rotatable bonds is 1. The lowest BCUT2D eigenvalue weighted by Crippen LogP contribution is -2.09. The molecule has 0 bridgehead atoms. The van der Waals surface area contributed by atoms with Crippen molar-refractivity contribution >= 4 is 19.6 Å². The van der Waals surface area contributed by atoms with Gasteiger partial charge in [-0.25, -0.2) is 4.39 Å². The van der Waals surface area contributed by atoms with Gasteiger partial charge < -0.3 is 0 Å². The van der Waals surface area contributed by atoms with E-state index in [1.54, 1.807) is 13.9 Å². The Bertz CT molecular complexity index is 260. The van der Waals surface area contributed by atoms with Crippen LogP contribution in [0.2, 0.25) is 0 Å². The molecule has 0 atom stereocenters. The van der Waals surface area contributed by atoms with E-state index in [9.17, 15) is 9.18 Å². The average molecular weight is 136 g/mol. The van der Waals surface area contributed by atoms with Gasteiger partial charge >= 0.3 is 0 Å². The molecule has 0 aliphatic heterocycles. The minimum Gasteiger partial charge on any atom is -0.298 e. The van der Waals surface area contributed by atoms with Gasteiger partial charge in [0.25, 0.3) is 0 Å². The Morgan fingerprint density at radius 3 is 2.70 bits per heavy atom. The Morgan fingerprint density at radius 1 is 1.50 bits per heavy atom. The quantitative estimate of drug-likeness (QED) is 0.389. The maximum Gasteiger partial charge on any atom is 0.149 e. The van der Waals surface area contributed by atoms with Crippen LogP contribution in [0.3, 0.4) is 0 Å². The van der Waals surface area contributed by atoms with E-state index in [-0.39, 0.29) is 5.82 Å². The second-order valence-electron chi connectivity index (χ2n) is 2.12. The smallest absolute Gasteiger partial charge is 0.149 e. The summed E-state index contributed by atoms with van der Waals surface area (Å²) in [6.45, 7) is 0. The van der Waals surface area contributed by atoms with E-state index >= 15 is 0 Å². The fourth-order valence-corrected chi connectivity index (χ4v) is 0.738. The molecular formula is C7H6BFO. The first-order valence-electron chi connectivity index (χ1n) is 2.95. The predicted octanol–water partition coefficient (Wildman–Crippen LogP) is -0.103. The third-order valence-corrected chi connectivity index (χ3v) is 1.37. The summed E-state index contributed by atoms with van der Waals surface area (Å²) in [5.74, 6) is -0.368. The van der Waals surface area contributed by atoms with Gasteiger partial charge in [0.1, 0.15) is 19.9 Å². The fraction of sp³-hybridized carbons (Fsp3) is 0. The summed E-state index contributed by atoms with van der Waals surface area (Å²) in [4.78, 5) is 10.2. The minimum absolute atomic E-state index is 0.368. The third-order valence-electron chi connectivity index (χ3n) is 1.37. The lowest BCUT2D eigenvalue weighted by molar-refractivity contribution is 0.112. The van der Waals surface area contributed by atoms with E-state index in [2.05, 4.69) is 0 Å². The molecule has 0 saturated heterocycles. The fourth-order valence-electron chi connectivity index (χ4n) is 0.738. The van der Waals surface area contributed by atoms with Gasteiger partial charge in [0, 0.05) is 5.56 Å². The van der Waals surface area contributed by atoms with Gasteiger partial charge in [-0.3, -0.25) is 4.79 Å². The van der Waals surface area contributed by atoms with Crippen LogP contribution < -0.4 is 5.46 Å². The van der Waals surface area contributed by atoms with Gasteiger partial charge in [0.2, 0.25) is 0 Å². The summed E-state index contributed by atoms with van der Waals surface area (Å²) in [6.07, 6.45) is 0.651. The van der Waals surface area contributed by atoms with E-state index in [0.717, 1.165) is 5.46 Å². The van der Waals surface area contributed by atoms with Crippen molar-refractivity contribution in [2.24, 2.45) is 0 Å². The maximum atomic E-state index is 12.4. The standard InChI is InChI=1S/C7H6BFO/c8-7-2-1-6(9)3-5(7)4-10/h1-4H,8H2. The van der Waals surface area contributed by atoms with Gasteiger partial charge in [0.15, 0.2) is 0 Å². The molecule has 0 heterocycles. The number of aldehydes is 1. The summed E-state index contributed by atoms with van der Waals surface area (Å²) in [6, 6.07) is 4.14. The molecule has 0 unspecified atom stereocenters. The predicted molar refractivity (Wildman–Crippen MR) is 40.0 cm³/mol. The third kappa shape index (κ3) is 1.24. The van der Waals surface area contributed by atoms with Crippen molar-refractivity contribution in [1.29, 1.82) is 0 Å². The van der Waals surface area contributed by atoms with Crippen LogP contribution in [0.25, 0.3) is 0 Å². The van der Waals surface area contributed by atoms with Crippen molar-refractivity contribution in [3.63, 3.8) is 0 Å². The van der Waals surface area contributed by atoms with Crippen LogP contribution in [0.1, 0.15) is 10.4 Å². The number of halogens is 1. The maximum absolute atomic E-state index is 12.4. The van der Waals surface area contributed by atoms with Crippen LogP contribution in [0, 0.1) is 5.82 Å². The van der Waals surface area contributed by atoms with Crippen LogP contribution >= 0.6 is 0 Å². The van der Waals surface area contributed by atoms with Crippen LogP contribution in [0.15, 0.2) is 18.2 Å². The molecule has 1 aromatic carbocycles. The SMILES string of the molecule is Bc1ccc(F)cc1C=O. The summed E-state index contributed by atoms with van der Waals surface area (Å²) in [7, 11) is 1.77. The normalized spacial score (nSPS) is 9.30. The van der Waals surface area contributed by atoms with Crippen molar-refractivity contribution in [3.8, 4) is 0 Å². The largest absolute Gasteiger partial charge is 0.298 e.